The zero-order valence-corrected chi connectivity index (χ0v) is 8.82. The topological polar surface area (TPSA) is 47.7 Å². The average Bonchev–Trinajstić information content (AvgIpc) is 2.17. The first-order valence-corrected chi connectivity index (χ1v) is 5.42. The molecule has 14 heavy (non-hydrogen) atoms. The lowest BCUT2D eigenvalue weighted by Gasteiger charge is -2.45. The van der Waals surface area contributed by atoms with E-state index in [-0.39, 0.29) is 6.10 Å². The average molecular weight is 200 g/mol. The predicted octanol–water partition coefficient (Wildman–Crippen LogP) is -0.177. The first-order valence-electron chi connectivity index (χ1n) is 5.42. The Balaban J connectivity index is 1.75. The fourth-order valence-electron chi connectivity index (χ4n) is 2.24. The molecule has 82 valence electrons. The molecule has 0 spiro atoms. The Kier molecular flexibility index (Phi) is 3.38. The molecule has 1 saturated carbocycles. The summed E-state index contributed by atoms with van der Waals surface area (Å²) >= 11 is 0. The number of rotatable bonds is 3. The first kappa shape index (κ1) is 10.4. The number of morpholine rings is 1. The van der Waals surface area contributed by atoms with Gasteiger partial charge in [0.15, 0.2) is 0 Å². The van der Waals surface area contributed by atoms with E-state index in [2.05, 4.69) is 4.90 Å². The van der Waals surface area contributed by atoms with Crippen molar-refractivity contribution in [1.29, 1.82) is 0 Å². The number of ether oxygens (including phenoxy) is 2. The molecule has 2 rings (SSSR count). The number of nitrogens with two attached hydrogens (primary N) is 1. The van der Waals surface area contributed by atoms with Gasteiger partial charge in [-0.25, -0.2) is 0 Å². The van der Waals surface area contributed by atoms with Crippen molar-refractivity contribution in [2.45, 2.75) is 31.1 Å². The maximum Gasteiger partial charge on any atom is 0.0824 e. The molecular formula is C10H20N2O2. The van der Waals surface area contributed by atoms with Crippen molar-refractivity contribution in [3.05, 3.63) is 0 Å². The highest BCUT2D eigenvalue weighted by Crippen LogP contribution is 2.28. The van der Waals surface area contributed by atoms with Crippen LogP contribution in [0.2, 0.25) is 0 Å². The minimum Gasteiger partial charge on any atom is -0.381 e. The molecule has 0 bridgehead atoms. The highest BCUT2D eigenvalue weighted by Gasteiger charge is 2.35. The van der Waals surface area contributed by atoms with Crippen LogP contribution in [-0.2, 0) is 9.47 Å². The smallest absolute Gasteiger partial charge is 0.0824 e. The Bertz CT molecular complexity index is 183. The van der Waals surface area contributed by atoms with Crippen LogP contribution in [0.1, 0.15) is 12.8 Å². The van der Waals surface area contributed by atoms with Gasteiger partial charge in [-0.3, -0.25) is 4.90 Å². The first-order chi connectivity index (χ1) is 6.83. The normalized spacial score (nSPS) is 39.4. The molecular weight excluding hydrogens is 180 g/mol. The third-order valence-corrected chi connectivity index (χ3v) is 3.35. The van der Waals surface area contributed by atoms with Gasteiger partial charge in [0.05, 0.1) is 18.8 Å². The van der Waals surface area contributed by atoms with Crippen molar-refractivity contribution < 1.29 is 9.47 Å². The largest absolute Gasteiger partial charge is 0.381 e. The highest BCUT2D eigenvalue weighted by molar-refractivity contribution is 4.90. The van der Waals surface area contributed by atoms with E-state index in [1.54, 1.807) is 7.11 Å². The Morgan fingerprint density at radius 1 is 1.50 bits per heavy atom. The molecule has 0 radical (unpaired) electrons. The third-order valence-electron chi connectivity index (χ3n) is 3.35. The van der Waals surface area contributed by atoms with Crippen molar-refractivity contribution in [2.75, 3.05) is 33.4 Å². The molecule has 1 heterocycles. The zero-order chi connectivity index (χ0) is 9.97. The molecule has 1 saturated heterocycles. The maximum absolute atomic E-state index is 5.60. The number of nitrogens with zero attached hydrogens (tertiary/aromatic N) is 1. The van der Waals surface area contributed by atoms with Gasteiger partial charge < -0.3 is 15.2 Å². The number of methoxy groups -OCH3 is 1. The van der Waals surface area contributed by atoms with Crippen LogP contribution in [0.15, 0.2) is 0 Å². The molecule has 4 nitrogen and oxygen atoms in total. The van der Waals surface area contributed by atoms with Crippen molar-refractivity contribution in [3.63, 3.8) is 0 Å². The number of hydrogen-bond acceptors (Lipinski definition) is 4. The van der Waals surface area contributed by atoms with E-state index in [0.29, 0.717) is 18.7 Å². The van der Waals surface area contributed by atoms with E-state index >= 15 is 0 Å². The van der Waals surface area contributed by atoms with Crippen LogP contribution in [0, 0.1) is 0 Å². The molecule has 2 fully saturated rings. The summed E-state index contributed by atoms with van der Waals surface area (Å²) in [5.74, 6) is 0. The Labute approximate surface area is 85.3 Å². The van der Waals surface area contributed by atoms with E-state index in [4.69, 9.17) is 15.2 Å². The van der Waals surface area contributed by atoms with Crippen LogP contribution >= 0.6 is 0 Å². The van der Waals surface area contributed by atoms with Gasteiger partial charge in [0.2, 0.25) is 0 Å². The summed E-state index contributed by atoms with van der Waals surface area (Å²) in [4.78, 5) is 2.50. The zero-order valence-electron chi connectivity index (χ0n) is 8.82. The van der Waals surface area contributed by atoms with E-state index in [1.165, 1.54) is 12.8 Å². The van der Waals surface area contributed by atoms with Crippen LogP contribution in [0.5, 0.6) is 0 Å². The van der Waals surface area contributed by atoms with Gasteiger partial charge in [-0.2, -0.15) is 0 Å². The van der Waals surface area contributed by atoms with Gasteiger partial charge in [-0.1, -0.05) is 0 Å². The van der Waals surface area contributed by atoms with E-state index in [1.807, 2.05) is 0 Å². The van der Waals surface area contributed by atoms with Crippen molar-refractivity contribution in [2.24, 2.45) is 5.73 Å². The highest BCUT2D eigenvalue weighted by atomic mass is 16.5. The summed E-state index contributed by atoms with van der Waals surface area (Å²) in [5, 5.41) is 0. The molecule has 4 heteroatoms. The van der Waals surface area contributed by atoms with Crippen molar-refractivity contribution in [1.82, 2.24) is 4.90 Å². The van der Waals surface area contributed by atoms with Gasteiger partial charge in [0.25, 0.3) is 0 Å². The second-order valence-electron chi connectivity index (χ2n) is 4.21. The minimum absolute atomic E-state index is 0.241. The SMILES string of the molecule is COC1CC(N2CCOC(CN)C2)C1. The maximum atomic E-state index is 5.60. The molecule has 1 atom stereocenters. The molecule has 0 aromatic carbocycles. The molecule has 1 unspecified atom stereocenters. The van der Waals surface area contributed by atoms with Crippen molar-refractivity contribution >= 4 is 0 Å². The second kappa shape index (κ2) is 4.57. The monoisotopic (exact) mass is 200 g/mol. The second-order valence-corrected chi connectivity index (χ2v) is 4.21. The van der Waals surface area contributed by atoms with E-state index in [0.717, 1.165) is 19.7 Å². The fraction of sp³-hybridized carbons (Fsp3) is 1.00. The predicted molar refractivity (Wildman–Crippen MR) is 54.2 cm³/mol. The molecule has 2 aliphatic rings. The number of hydrogen-bond donors (Lipinski definition) is 1. The van der Waals surface area contributed by atoms with Crippen LogP contribution in [0.3, 0.4) is 0 Å². The molecule has 1 aliphatic heterocycles. The molecule has 2 N–H and O–H groups in total. The lowest BCUT2D eigenvalue weighted by atomic mass is 9.87. The van der Waals surface area contributed by atoms with Crippen LogP contribution in [-0.4, -0.2) is 56.5 Å². The molecule has 1 aliphatic carbocycles. The van der Waals surface area contributed by atoms with Gasteiger partial charge in [0, 0.05) is 32.8 Å². The molecule has 0 aromatic heterocycles. The summed E-state index contributed by atoms with van der Waals surface area (Å²) < 4.78 is 10.8. The van der Waals surface area contributed by atoms with Gasteiger partial charge in [-0.15, -0.1) is 0 Å². The lowest BCUT2D eigenvalue weighted by Crippen LogP contribution is -2.55. The molecule has 0 amide bonds. The summed E-state index contributed by atoms with van der Waals surface area (Å²) in [6.45, 7) is 3.52. The Morgan fingerprint density at radius 2 is 2.29 bits per heavy atom. The third kappa shape index (κ3) is 2.08. The van der Waals surface area contributed by atoms with Gasteiger partial charge in [0.1, 0.15) is 0 Å². The minimum atomic E-state index is 0.241. The summed E-state index contributed by atoms with van der Waals surface area (Å²) in [6.07, 6.45) is 3.08. The fourth-order valence-corrected chi connectivity index (χ4v) is 2.24. The van der Waals surface area contributed by atoms with Gasteiger partial charge >= 0.3 is 0 Å². The van der Waals surface area contributed by atoms with Crippen LogP contribution in [0.4, 0.5) is 0 Å². The van der Waals surface area contributed by atoms with Gasteiger partial charge in [-0.05, 0) is 12.8 Å². The van der Waals surface area contributed by atoms with E-state index in [9.17, 15) is 0 Å². The standard InChI is InChI=1S/C10H20N2O2/c1-13-9-4-8(5-9)12-2-3-14-10(6-11)7-12/h8-10H,2-7,11H2,1H3. The summed E-state index contributed by atoms with van der Waals surface area (Å²) in [5.41, 5.74) is 5.60. The van der Waals surface area contributed by atoms with Crippen LogP contribution in [0.25, 0.3) is 0 Å². The van der Waals surface area contributed by atoms with Crippen LogP contribution < -0.4 is 5.73 Å². The Hall–Kier alpha value is -0.160. The van der Waals surface area contributed by atoms with E-state index < -0.39 is 0 Å². The molecule has 0 aromatic rings. The summed E-state index contributed by atoms with van der Waals surface area (Å²) in [7, 11) is 1.79. The summed E-state index contributed by atoms with van der Waals surface area (Å²) in [6, 6.07) is 0.706. The Morgan fingerprint density at radius 3 is 2.93 bits per heavy atom. The lowest BCUT2D eigenvalue weighted by molar-refractivity contribution is -0.0844. The quantitative estimate of drug-likeness (QED) is 0.687. The van der Waals surface area contributed by atoms with Crippen molar-refractivity contribution in [3.8, 4) is 0 Å².